The number of benzene rings is 1. The maximum Gasteiger partial charge on any atom is 0.303 e. The number of rotatable bonds is 14. The summed E-state index contributed by atoms with van der Waals surface area (Å²) in [4.78, 5) is 19.8. The molecule has 0 aliphatic carbocycles. The maximum atomic E-state index is 10.8. The van der Waals surface area contributed by atoms with Gasteiger partial charge in [0, 0.05) is 6.42 Å². The molecule has 0 bridgehead atoms. The van der Waals surface area contributed by atoms with Crippen LogP contribution in [0, 0.1) is 0 Å². The molecule has 3 unspecified atom stereocenters. The third kappa shape index (κ3) is 8.36. The van der Waals surface area contributed by atoms with Crippen LogP contribution in [-0.4, -0.2) is 48.6 Å². The summed E-state index contributed by atoms with van der Waals surface area (Å²) in [7, 11) is 0. The first-order chi connectivity index (χ1) is 14.9. The number of aromatic nitrogens is 2. The van der Waals surface area contributed by atoms with Gasteiger partial charge >= 0.3 is 5.97 Å². The first-order valence-corrected chi connectivity index (χ1v) is 11.1. The number of fused-ring (bicyclic) bond motifs is 1. The quantitative estimate of drug-likeness (QED) is 0.334. The minimum atomic E-state index is -1.17. The van der Waals surface area contributed by atoms with Crippen molar-refractivity contribution in [3.05, 3.63) is 41.7 Å². The molecule has 0 radical (unpaired) electrons. The van der Waals surface area contributed by atoms with Crippen molar-refractivity contribution in [2.75, 3.05) is 0 Å². The standard InChI is InChI=1S/C24H34N2O5/c1-2-3-4-5-6-12-22(29)24-19(25-17-10-7-8-11-18(17)26-24)15-16-21(28)20(27)13-9-14-23(30)31/h7-8,10-11,15-16,20-22,27-29H,2-6,9,12-14H2,1H3,(H,30,31)/b16-15+. The van der Waals surface area contributed by atoms with Crippen LogP contribution in [-0.2, 0) is 4.79 Å². The molecular weight excluding hydrogens is 396 g/mol. The number of carboxylic acids is 1. The normalized spacial score (nSPS) is 14.7. The van der Waals surface area contributed by atoms with Gasteiger partial charge in [-0.1, -0.05) is 57.2 Å². The largest absolute Gasteiger partial charge is 0.481 e. The average molecular weight is 431 g/mol. The van der Waals surface area contributed by atoms with Gasteiger partial charge in [-0.2, -0.15) is 0 Å². The molecule has 0 spiro atoms. The Morgan fingerprint density at radius 2 is 1.65 bits per heavy atom. The first kappa shape index (κ1) is 24.9. The summed E-state index contributed by atoms with van der Waals surface area (Å²) in [6, 6.07) is 7.40. The Hall–Kier alpha value is -2.35. The van der Waals surface area contributed by atoms with E-state index < -0.39 is 24.3 Å². The molecule has 7 heteroatoms. The molecule has 1 heterocycles. The number of hydrogen-bond donors (Lipinski definition) is 4. The van der Waals surface area contributed by atoms with Gasteiger partial charge < -0.3 is 20.4 Å². The van der Waals surface area contributed by atoms with Crippen molar-refractivity contribution in [1.82, 2.24) is 9.97 Å². The number of para-hydroxylation sites is 2. The van der Waals surface area contributed by atoms with Gasteiger partial charge in [0.2, 0.25) is 0 Å². The highest BCUT2D eigenvalue weighted by Gasteiger charge is 2.17. The minimum absolute atomic E-state index is 0.0573. The van der Waals surface area contributed by atoms with Gasteiger partial charge in [-0.15, -0.1) is 0 Å². The molecular formula is C24H34N2O5. The third-order valence-corrected chi connectivity index (χ3v) is 5.26. The van der Waals surface area contributed by atoms with Crippen LogP contribution >= 0.6 is 0 Å². The number of aliphatic hydroxyl groups is 3. The highest BCUT2D eigenvalue weighted by molar-refractivity contribution is 5.75. The second-order valence-electron chi connectivity index (χ2n) is 7.90. The van der Waals surface area contributed by atoms with Crippen LogP contribution in [0.15, 0.2) is 30.3 Å². The van der Waals surface area contributed by atoms with Crippen molar-refractivity contribution in [2.24, 2.45) is 0 Å². The summed E-state index contributed by atoms with van der Waals surface area (Å²) in [6.07, 6.45) is 6.40. The molecule has 4 N–H and O–H groups in total. The lowest BCUT2D eigenvalue weighted by Crippen LogP contribution is -2.23. The summed E-state index contributed by atoms with van der Waals surface area (Å²) in [5, 5.41) is 39.7. The summed E-state index contributed by atoms with van der Waals surface area (Å²) >= 11 is 0. The Kier molecular flexibility index (Phi) is 10.6. The van der Waals surface area contributed by atoms with Crippen LogP contribution in [0.5, 0.6) is 0 Å². The Labute approximate surface area is 183 Å². The van der Waals surface area contributed by atoms with Crippen molar-refractivity contribution in [3.63, 3.8) is 0 Å². The van der Waals surface area contributed by atoms with Crippen molar-refractivity contribution in [3.8, 4) is 0 Å². The lowest BCUT2D eigenvalue weighted by atomic mass is 10.0. The van der Waals surface area contributed by atoms with E-state index in [1.165, 1.54) is 12.5 Å². The van der Waals surface area contributed by atoms with E-state index in [-0.39, 0.29) is 19.3 Å². The summed E-state index contributed by atoms with van der Waals surface area (Å²) in [5.74, 6) is -0.933. The van der Waals surface area contributed by atoms with E-state index in [0.29, 0.717) is 28.8 Å². The predicted octanol–water partition coefficient (Wildman–Crippen LogP) is 4.01. The summed E-state index contributed by atoms with van der Waals surface area (Å²) in [6.45, 7) is 2.16. The van der Waals surface area contributed by atoms with E-state index in [0.717, 1.165) is 25.7 Å². The van der Waals surface area contributed by atoms with E-state index in [1.807, 2.05) is 24.3 Å². The van der Waals surface area contributed by atoms with Crippen LogP contribution in [0.3, 0.4) is 0 Å². The van der Waals surface area contributed by atoms with Gasteiger partial charge in [-0.05, 0) is 37.5 Å². The number of hydrogen-bond acceptors (Lipinski definition) is 6. The molecule has 2 rings (SSSR count). The molecule has 0 saturated carbocycles. The second kappa shape index (κ2) is 13.1. The fraction of sp³-hybridized carbons (Fsp3) is 0.542. The fourth-order valence-electron chi connectivity index (χ4n) is 3.42. The number of aliphatic carboxylic acids is 1. The molecule has 0 aliphatic heterocycles. The molecule has 7 nitrogen and oxygen atoms in total. The topological polar surface area (TPSA) is 124 Å². The van der Waals surface area contributed by atoms with E-state index in [1.54, 1.807) is 6.08 Å². The molecule has 3 atom stereocenters. The van der Waals surface area contributed by atoms with Gasteiger partial charge in [0.15, 0.2) is 0 Å². The van der Waals surface area contributed by atoms with Gasteiger partial charge in [-0.3, -0.25) is 4.79 Å². The zero-order chi connectivity index (χ0) is 22.6. The SMILES string of the molecule is CCCCCCCC(O)c1nc2ccccc2nc1/C=C/C(O)C(O)CCCC(=O)O. The Morgan fingerprint density at radius 3 is 2.32 bits per heavy atom. The van der Waals surface area contributed by atoms with Crippen LogP contribution in [0.4, 0.5) is 0 Å². The smallest absolute Gasteiger partial charge is 0.303 e. The van der Waals surface area contributed by atoms with Crippen molar-refractivity contribution < 1.29 is 25.2 Å². The highest BCUT2D eigenvalue weighted by atomic mass is 16.4. The van der Waals surface area contributed by atoms with E-state index >= 15 is 0 Å². The van der Waals surface area contributed by atoms with Crippen LogP contribution in [0.1, 0.15) is 82.2 Å². The molecule has 0 fully saturated rings. The predicted molar refractivity (Wildman–Crippen MR) is 120 cm³/mol. The molecule has 0 aliphatic rings. The molecule has 1 aromatic carbocycles. The zero-order valence-electron chi connectivity index (χ0n) is 18.2. The van der Waals surface area contributed by atoms with Crippen LogP contribution in [0.25, 0.3) is 17.1 Å². The van der Waals surface area contributed by atoms with Gasteiger partial charge in [0.25, 0.3) is 0 Å². The van der Waals surface area contributed by atoms with Crippen molar-refractivity contribution >= 4 is 23.1 Å². The van der Waals surface area contributed by atoms with E-state index in [9.17, 15) is 20.1 Å². The molecule has 0 amide bonds. The number of carbonyl (C=O) groups is 1. The van der Waals surface area contributed by atoms with Crippen LogP contribution < -0.4 is 0 Å². The van der Waals surface area contributed by atoms with Gasteiger partial charge in [0.05, 0.1) is 40.7 Å². The van der Waals surface area contributed by atoms with E-state index in [2.05, 4.69) is 16.9 Å². The van der Waals surface area contributed by atoms with E-state index in [4.69, 9.17) is 5.11 Å². The van der Waals surface area contributed by atoms with Gasteiger partial charge in [0.1, 0.15) is 0 Å². The molecule has 170 valence electrons. The zero-order valence-corrected chi connectivity index (χ0v) is 18.2. The number of aliphatic hydroxyl groups excluding tert-OH is 3. The Balaban J connectivity index is 2.13. The maximum absolute atomic E-state index is 10.8. The number of carboxylic acid groups (broad SMARTS) is 1. The fourth-order valence-corrected chi connectivity index (χ4v) is 3.42. The highest BCUT2D eigenvalue weighted by Crippen LogP contribution is 2.24. The molecule has 1 aromatic heterocycles. The summed E-state index contributed by atoms with van der Waals surface area (Å²) < 4.78 is 0. The number of unbranched alkanes of at least 4 members (excludes halogenated alkanes) is 4. The Morgan fingerprint density at radius 1 is 0.968 bits per heavy atom. The van der Waals surface area contributed by atoms with Crippen molar-refractivity contribution in [1.29, 1.82) is 0 Å². The van der Waals surface area contributed by atoms with Crippen LogP contribution in [0.2, 0.25) is 0 Å². The number of nitrogens with zero attached hydrogens (tertiary/aromatic N) is 2. The summed E-state index contributed by atoms with van der Waals surface area (Å²) in [5.41, 5.74) is 2.28. The average Bonchev–Trinajstić information content (AvgIpc) is 2.76. The Bertz CT molecular complexity index is 855. The molecule has 31 heavy (non-hydrogen) atoms. The first-order valence-electron chi connectivity index (χ1n) is 11.1. The lowest BCUT2D eigenvalue weighted by Gasteiger charge is -2.15. The second-order valence-corrected chi connectivity index (χ2v) is 7.90. The molecule has 2 aromatic rings. The van der Waals surface area contributed by atoms with Gasteiger partial charge in [-0.25, -0.2) is 9.97 Å². The van der Waals surface area contributed by atoms with Crippen molar-refractivity contribution in [2.45, 2.75) is 83.0 Å². The monoisotopic (exact) mass is 430 g/mol. The third-order valence-electron chi connectivity index (χ3n) is 5.26. The lowest BCUT2D eigenvalue weighted by molar-refractivity contribution is -0.137. The minimum Gasteiger partial charge on any atom is -0.481 e. The molecule has 0 saturated heterocycles.